The van der Waals surface area contributed by atoms with Crippen molar-refractivity contribution in [1.29, 1.82) is 0 Å². The lowest BCUT2D eigenvalue weighted by atomic mass is 9.86. The van der Waals surface area contributed by atoms with Crippen LogP contribution in [0.3, 0.4) is 0 Å². The maximum atomic E-state index is 13.4. The number of cyclic esters (lactones) is 2. The van der Waals surface area contributed by atoms with Crippen LogP contribution in [0.25, 0.3) is 0 Å². The molecule has 2 aliphatic rings. The Balaban J connectivity index is 1.60. The summed E-state index contributed by atoms with van der Waals surface area (Å²) in [6.45, 7) is 3.41. The standard InChI is InChI=1S/C22H20FNO4/c1-21(11-10-14-12-16(23)8-9-18(14)24-21)13-17-19(25)27-22(2,28-20(17)26)15-6-4-3-5-7-15/h3-9,12-13,24H,10-11H2,1-2H3. The van der Waals surface area contributed by atoms with E-state index in [1.807, 2.05) is 13.0 Å². The number of halogens is 1. The van der Waals surface area contributed by atoms with E-state index >= 15 is 0 Å². The molecule has 4 rings (SSSR count). The highest BCUT2D eigenvalue weighted by Crippen LogP contribution is 2.36. The fourth-order valence-electron chi connectivity index (χ4n) is 3.63. The highest BCUT2D eigenvalue weighted by molar-refractivity contribution is 6.15. The summed E-state index contributed by atoms with van der Waals surface area (Å²) in [7, 11) is 0. The molecule has 5 nitrogen and oxygen atoms in total. The van der Waals surface area contributed by atoms with Gasteiger partial charge < -0.3 is 14.8 Å². The van der Waals surface area contributed by atoms with Crippen molar-refractivity contribution < 1.29 is 23.5 Å². The molecule has 0 aromatic heterocycles. The number of rotatable bonds is 2. The molecule has 2 aromatic rings. The smallest absolute Gasteiger partial charge is 0.348 e. The monoisotopic (exact) mass is 381 g/mol. The molecule has 0 spiro atoms. The number of esters is 2. The summed E-state index contributed by atoms with van der Waals surface area (Å²) in [4.78, 5) is 25.3. The Morgan fingerprint density at radius 3 is 2.39 bits per heavy atom. The molecule has 1 N–H and O–H groups in total. The number of carbonyl (C=O) groups is 2. The SMILES string of the molecule is CC1(C=C2C(=O)OC(C)(c3ccccc3)OC2=O)CCc2cc(F)ccc2N1. The van der Waals surface area contributed by atoms with Gasteiger partial charge in [0.2, 0.25) is 0 Å². The van der Waals surface area contributed by atoms with Crippen LogP contribution in [0, 0.1) is 5.82 Å². The Bertz CT molecular complexity index is 965. The van der Waals surface area contributed by atoms with Gasteiger partial charge in [-0.15, -0.1) is 0 Å². The van der Waals surface area contributed by atoms with Crippen molar-refractivity contribution in [2.45, 2.75) is 38.0 Å². The molecule has 1 fully saturated rings. The van der Waals surface area contributed by atoms with Crippen molar-refractivity contribution in [2.75, 3.05) is 5.32 Å². The average Bonchev–Trinajstić information content (AvgIpc) is 2.66. The van der Waals surface area contributed by atoms with Crippen LogP contribution in [0.4, 0.5) is 10.1 Å². The minimum Gasteiger partial charge on any atom is -0.414 e. The fraction of sp³-hybridized carbons (Fsp3) is 0.273. The van der Waals surface area contributed by atoms with Crippen LogP contribution < -0.4 is 5.32 Å². The zero-order valence-corrected chi connectivity index (χ0v) is 15.6. The molecule has 2 aliphatic heterocycles. The maximum Gasteiger partial charge on any atom is 0.348 e. The van der Waals surface area contributed by atoms with Gasteiger partial charge in [-0.2, -0.15) is 0 Å². The van der Waals surface area contributed by atoms with Crippen molar-refractivity contribution in [2.24, 2.45) is 0 Å². The Hall–Kier alpha value is -3.15. The number of anilines is 1. The molecule has 0 radical (unpaired) electrons. The first kappa shape index (κ1) is 18.2. The van der Waals surface area contributed by atoms with E-state index in [4.69, 9.17) is 9.47 Å². The van der Waals surface area contributed by atoms with Crippen LogP contribution in [0.15, 0.2) is 60.2 Å². The predicted molar refractivity (Wildman–Crippen MR) is 101 cm³/mol. The molecule has 1 unspecified atom stereocenters. The lowest BCUT2D eigenvalue weighted by Crippen LogP contribution is -2.44. The van der Waals surface area contributed by atoms with E-state index in [1.165, 1.54) is 12.1 Å². The summed E-state index contributed by atoms with van der Waals surface area (Å²) in [5.74, 6) is -3.20. The second kappa shape index (κ2) is 6.48. The van der Waals surface area contributed by atoms with E-state index in [-0.39, 0.29) is 11.4 Å². The van der Waals surface area contributed by atoms with E-state index in [0.717, 1.165) is 11.3 Å². The Morgan fingerprint density at radius 2 is 1.71 bits per heavy atom. The minimum atomic E-state index is -1.46. The zero-order chi connectivity index (χ0) is 19.9. The van der Waals surface area contributed by atoms with Crippen LogP contribution in [0.2, 0.25) is 0 Å². The fourth-order valence-corrected chi connectivity index (χ4v) is 3.63. The minimum absolute atomic E-state index is 0.144. The zero-order valence-electron chi connectivity index (χ0n) is 15.6. The lowest BCUT2D eigenvalue weighted by molar-refractivity contribution is -0.234. The summed E-state index contributed by atoms with van der Waals surface area (Å²) < 4.78 is 24.4. The number of hydrogen-bond acceptors (Lipinski definition) is 5. The van der Waals surface area contributed by atoms with Gasteiger partial charge in [-0.05, 0) is 49.6 Å². The van der Waals surface area contributed by atoms with Crippen LogP contribution in [-0.4, -0.2) is 17.5 Å². The summed E-state index contributed by atoms with van der Waals surface area (Å²) in [6.07, 6.45) is 2.75. The average molecular weight is 381 g/mol. The number of hydrogen-bond donors (Lipinski definition) is 1. The number of benzene rings is 2. The van der Waals surface area contributed by atoms with E-state index in [2.05, 4.69) is 5.32 Å². The van der Waals surface area contributed by atoms with Gasteiger partial charge in [0.05, 0.1) is 5.54 Å². The quantitative estimate of drug-likeness (QED) is 0.486. The number of ether oxygens (including phenoxy) is 2. The van der Waals surface area contributed by atoms with Crippen LogP contribution in [-0.2, 0) is 31.3 Å². The molecule has 2 aromatic carbocycles. The summed E-state index contributed by atoms with van der Waals surface area (Å²) >= 11 is 0. The number of fused-ring (bicyclic) bond motifs is 1. The van der Waals surface area contributed by atoms with Crippen LogP contribution in [0.1, 0.15) is 31.4 Å². The third kappa shape index (κ3) is 3.26. The number of nitrogens with one attached hydrogen (secondary N) is 1. The molecular weight excluding hydrogens is 361 g/mol. The molecule has 0 amide bonds. The van der Waals surface area contributed by atoms with Gasteiger partial charge in [0.15, 0.2) is 0 Å². The normalized spacial score (nSPS) is 26.6. The van der Waals surface area contributed by atoms with Crippen molar-refractivity contribution in [3.8, 4) is 0 Å². The summed E-state index contributed by atoms with van der Waals surface area (Å²) in [5.41, 5.74) is 1.40. The van der Waals surface area contributed by atoms with Crippen molar-refractivity contribution in [3.05, 3.63) is 77.1 Å². The van der Waals surface area contributed by atoms with Crippen molar-refractivity contribution in [3.63, 3.8) is 0 Å². The summed E-state index contributed by atoms with van der Waals surface area (Å²) in [5, 5.41) is 3.28. The molecule has 0 bridgehead atoms. The molecule has 6 heteroatoms. The first-order valence-corrected chi connectivity index (χ1v) is 9.10. The third-order valence-corrected chi connectivity index (χ3v) is 5.18. The highest BCUT2D eigenvalue weighted by Gasteiger charge is 2.45. The molecule has 0 saturated carbocycles. The van der Waals surface area contributed by atoms with Crippen molar-refractivity contribution >= 4 is 17.6 Å². The molecular formula is C22H20FNO4. The topological polar surface area (TPSA) is 64.6 Å². The van der Waals surface area contributed by atoms with Crippen LogP contribution >= 0.6 is 0 Å². The van der Waals surface area contributed by atoms with Gasteiger partial charge in [0, 0.05) is 18.2 Å². The number of aryl methyl sites for hydroxylation is 1. The predicted octanol–water partition coefficient (Wildman–Crippen LogP) is 3.84. The van der Waals surface area contributed by atoms with Gasteiger partial charge in [-0.1, -0.05) is 30.3 Å². The van der Waals surface area contributed by atoms with Gasteiger partial charge in [0.25, 0.3) is 5.79 Å². The van der Waals surface area contributed by atoms with E-state index in [0.29, 0.717) is 18.4 Å². The highest BCUT2D eigenvalue weighted by atomic mass is 19.1. The maximum absolute atomic E-state index is 13.4. The summed E-state index contributed by atoms with van der Waals surface area (Å²) in [6, 6.07) is 13.4. The Labute approximate surface area is 162 Å². The molecule has 0 aliphatic carbocycles. The first-order chi connectivity index (χ1) is 13.3. The number of carbonyl (C=O) groups excluding carboxylic acids is 2. The van der Waals surface area contributed by atoms with E-state index in [9.17, 15) is 14.0 Å². The van der Waals surface area contributed by atoms with Gasteiger partial charge in [0.1, 0.15) is 11.4 Å². The van der Waals surface area contributed by atoms with Gasteiger partial charge in [-0.3, -0.25) is 0 Å². The second-order valence-corrected chi connectivity index (χ2v) is 7.49. The largest absolute Gasteiger partial charge is 0.414 e. The van der Waals surface area contributed by atoms with Crippen molar-refractivity contribution in [1.82, 2.24) is 0 Å². The van der Waals surface area contributed by atoms with Crippen LogP contribution in [0.5, 0.6) is 0 Å². The Kier molecular flexibility index (Phi) is 4.22. The molecule has 1 atom stereocenters. The van der Waals surface area contributed by atoms with Gasteiger partial charge >= 0.3 is 11.9 Å². The Morgan fingerprint density at radius 1 is 1.04 bits per heavy atom. The second-order valence-electron chi connectivity index (χ2n) is 7.49. The first-order valence-electron chi connectivity index (χ1n) is 9.10. The lowest BCUT2D eigenvalue weighted by Gasteiger charge is -2.37. The van der Waals surface area contributed by atoms with E-state index < -0.39 is 23.3 Å². The van der Waals surface area contributed by atoms with E-state index in [1.54, 1.807) is 43.3 Å². The molecule has 144 valence electrons. The molecule has 2 heterocycles. The van der Waals surface area contributed by atoms with Gasteiger partial charge in [-0.25, -0.2) is 14.0 Å². The molecule has 28 heavy (non-hydrogen) atoms. The third-order valence-electron chi connectivity index (χ3n) is 5.18. The molecule has 1 saturated heterocycles.